The molecule has 0 unspecified atom stereocenters. The number of anilines is 1. The molecule has 0 atom stereocenters. The highest BCUT2D eigenvalue weighted by atomic mass is 35.5. The fourth-order valence-electron chi connectivity index (χ4n) is 1.71. The lowest BCUT2D eigenvalue weighted by Gasteiger charge is -2.03. The number of rotatable bonds is 3. The molecule has 3 aromatic rings. The first kappa shape index (κ1) is 14.2. The molecule has 0 fully saturated rings. The average molecular weight is 339 g/mol. The van der Waals surface area contributed by atoms with Gasteiger partial charge in [-0.2, -0.15) is 0 Å². The van der Waals surface area contributed by atoms with E-state index in [9.17, 15) is 9.18 Å². The molecule has 21 heavy (non-hydrogen) atoms. The zero-order valence-corrected chi connectivity index (χ0v) is 12.9. The van der Waals surface area contributed by atoms with Crippen LogP contribution in [0.2, 0.25) is 5.02 Å². The smallest absolute Gasteiger partial charge is 0.260 e. The number of benzene rings is 1. The number of nitrogens with one attached hydrogen (secondary N) is 1. The molecule has 1 N–H and O–H groups in total. The van der Waals surface area contributed by atoms with Gasteiger partial charge in [0.1, 0.15) is 5.82 Å². The topological polar surface area (TPSA) is 42.0 Å². The summed E-state index contributed by atoms with van der Waals surface area (Å²) in [5.41, 5.74) is 0.731. The summed E-state index contributed by atoms with van der Waals surface area (Å²) in [5, 5.41) is 7.07. The van der Waals surface area contributed by atoms with E-state index in [-0.39, 0.29) is 10.6 Å². The van der Waals surface area contributed by atoms with Crippen LogP contribution in [0.3, 0.4) is 0 Å². The number of aromatic nitrogens is 1. The number of halogens is 2. The van der Waals surface area contributed by atoms with Crippen LogP contribution in [0.25, 0.3) is 10.6 Å². The van der Waals surface area contributed by atoms with Crippen LogP contribution in [0.15, 0.2) is 41.1 Å². The SMILES string of the molecule is O=C(Nc1nc(-c2cccs2)cs1)c1ccc(Cl)cc1F. The Morgan fingerprint density at radius 3 is 2.86 bits per heavy atom. The molecule has 1 amide bonds. The van der Waals surface area contributed by atoms with Gasteiger partial charge >= 0.3 is 0 Å². The molecule has 0 spiro atoms. The van der Waals surface area contributed by atoms with Crippen LogP contribution in [0, 0.1) is 5.82 Å². The molecule has 3 nitrogen and oxygen atoms in total. The minimum atomic E-state index is -0.657. The maximum absolute atomic E-state index is 13.7. The Balaban J connectivity index is 1.79. The standard InChI is InChI=1S/C14H8ClFN2OS2/c15-8-3-4-9(10(16)6-8)13(19)18-14-17-11(7-21-14)12-2-1-5-20-12/h1-7H,(H,17,18,19). The number of nitrogens with zero attached hydrogens (tertiary/aromatic N) is 1. The highest BCUT2D eigenvalue weighted by molar-refractivity contribution is 7.16. The monoisotopic (exact) mass is 338 g/mol. The molecule has 0 saturated carbocycles. The maximum atomic E-state index is 13.7. The summed E-state index contributed by atoms with van der Waals surface area (Å²) in [7, 11) is 0. The Morgan fingerprint density at radius 1 is 1.29 bits per heavy atom. The lowest BCUT2D eigenvalue weighted by molar-refractivity contribution is 0.102. The lowest BCUT2D eigenvalue weighted by Crippen LogP contribution is -2.13. The Morgan fingerprint density at radius 2 is 2.14 bits per heavy atom. The molecule has 106 valence electrons. The van der Waals surface area contributed by atoms with Gasteiger partial charge in [0, 0.05) is 10.4 Å². The molecule has 3 rings (SSSR count). The average Bonchev–Trinajstić information content (AvgIpc) is 3.08. The van der Waals surface area contributed by atoms with Crippen LogP contribution in [-0.4, -0.2) is 10.9 Å². The molecule has 2 aromatic heterocycles. The van der Waals surface area contributed by atoms with Crippen LogP contribution in [0.1, 0.15) is 10.4 Å². The largest absolute Gasteiger partial charge is 0.298 e. The van der Waals surface area contributed by atoms with Gasteiger partial charge < -0.3 is 0 Å². The van der Waals surface area contributed by atoms with Crippen LogP contribution in [0.4, 0.5) is 9.52 Å². The van der Waals surface area contributed by atoms with Crippen molar-refractivity contribution >= 4 is 45.3 Å². The van der Waals surface area contributed by atoms with E-state index >= 15 is 0 Å². The van der Waals surface area contributed by atoms with E-state index in [4.69, 9.17) is 11.6 Å². The first-order valence-electron chi connectivity index (χ1n) is 5.89. The number of hydrogen-bond donors (Lipinski definition) is 1. The summed E-state index contributed by atoms with van der Waals surface area (Å²) in [6, 6.07) is 7.81. The number of amides is 1. The van der Waals surface area contributed by atoms with E-state index in [2.05, 4.69) is 10.3 Å². The van der Waals surface area contributed by atoms with E-state index in [1.165, 1.54) is 23.5 Å². The second-order valence-electron chi connectivity index (χ2n) is 4.09. The Hall–Kier alpha value is -1.76. The molecule has 0 bridgehead atoms. The number of thiophene rings is 1. The summed E-state index contributed by atoms with van der Waals surface area (Å²) < 4.78 is 13.7. The third kappa shape index (κ3) is 3.12. The zero-order valence-electron chi connectivity index (χ0n) is 10.5. The van der Waals surface area contributed by atoms with Crippen molar-refractivity contribution in [3.8, 4) is 10.6 Å². The summed E-state index contributed by atoms with van der Waals surface area (Å²) in [6.45, 7) is 0. The van der Waals surface area contributed by atoms with Crippen LogP contribution >= 0.6 is 34.3 Å². The fraction of sp³-hybridized carbons (Fsp3) is 0. The minimum Gasteiger partial charge on any atom is -0.298 e. The van der Waals surface area contributed by atoms with E-state index in [1.54, 1.807) is 11.3 Å². The van der Waals surface area contributed by atoms with Crippen molar-refractivity contribution in [2.45, 2.75) is 0 Å². The van der Waals surface area contributed by atoms with Crippen molar-refractivity contribution in [3.05, 3.63) is 57.5 Å². The molecule has 1 aromatic carbocycles. The van der Waals surface area contributed by atoms with Gasteiger partial charge in [0.25, 0.3) is 5.91 Å². The fourth-order valence-corrected chi connectivity index (χ4v) is 3.33. The lowest BCUT2D eigenvalue weighted by atomic mass is 10.2. The van der Waals surface area contributed by atoms with Crippen LogP contribution in [0.5, 0.6) is 0 Å². The summed E-state index contributed by atoms with van der Waals surface area (Å²) >= 11 is 8.52. The van der Waals surface area contributed by atoms with Crippen LogP contribution < -0.4 is 5.32 Å². The molecular weight excluding hydrogens is 331 g/mol. The molecule has 0 aliphatic heterocycles. The molecule has 0 aliphatic carbocycles. The molecule has 0 radical (unpaired) electrons. The van der Waals surface area contributed by atoms with Crippen molar-refractivity contribution < 1.29 is 9.18 Å². The Labute approximate surface area is 133 Å². The van der Waals surface area contributed by atoms with Crippen molar-refractivity contribution in [1.29, 1.82) is 0 Å². The van der Waals surface area contributed by atoms with Crippen molar-refractivity contribution in [2.24, 2.45) is 0 Å². The third-order valence-electron chi connectivity index (χ3n) is 2.67. The summed E-state index contributed by atoms with van der Waals surface area (Å²) in [5.74, 6) is -1.20. The predicted octanol–water partition coefficient (Wildman–Crippen LogP) is 4.92. The van der Waals surface area contributed by atoms with E-state index in [0.717, 1.165) is 16.6 Å². The molecule has 2 heterocycles. The molecular formula is C14H8ClFN2OS2. The Bertz CT molecular complexity index is 786. The van der Waals surface area contributed by atoms with Crippen LogP contribution in [-0.2, 0) is 0 Å². The highest BCUT2D eigenvalue weighted by Gasteiger charge is 2.14. The summed E-state index contributed by atoms with van der Waals surface area (Å²) in [4.78, 5) is 17.3. The van der Waals surface area contributed by atoms with Gasteiger partial charge in [-0.1, -0.05) is 17.7 Å². The Kier molecular flexibility index (Phi) is 4.01. The number of carbonyl (C=O) groups is 1. The highest BCUT2D eigenvalue weighted by Crippen LogP contribution is 2.28. The normalized spacial score (nSPS) is 10.6. The number of hydrogen-bond acceptors (Lipinski definition) is 4. The third-order valence-corrected chi connectivity index (χ3v) is 4.56. The maximum Gasteiger partial charge on any atom is 0.260 e. The van der Waals surface area contributed by atoms with Gasteiger partial charge in [0.2, 0.25) is 0 Å². The second-order valence-corrected chi connectivity index (χ2v) is 6.34. The van der Waals surface area contributed by atoms with E-state index in [1.807, 2.05) is 22.9 Å². The first-order valence-corrected chi connectivity index (χ1v) is 8.03. The first-order chi connectivity index (χ1) is 10.1. The molecule has 0 aliphatic rings. The van der Waals surface area contributed by atoms with Gasteiger partial charge in [-0.25, -0.2) is 9.37 Å². The van der Waals surface area contributed by atoms with Crippen molar-refractivity contribution in [3.63, 3.8) is 0 Å². The van der Waals surface area contributed by atoms with Crippen molar-refractivity contribution in [2.75, 3.05) is 5.32 Å². The van der Waals surface area contributed by atoms with E-state index in [0.29, 0.717) is 5.13 Å². The van der Waals surface area contributed by atoms with Crippen molar-refractivity contribution in [1.82, 2.24) is 4.98 Å². The zero-order chi connectivity index (χ0) is 14.8. The summed E-state index contributed by atoms with van der Waals surface area (Å²) in [6.07, 6.45) is 0. The van der Waals surface area contributed by atoms with Gasteiger partial charge in [-0.3, -0.25) is 10.1 Å². The number of thiazole rings is 1. The van der Waals surface area contributed by atoms with E-state index < -0.39 is 11.7 Å². The second kappa shape index (κ2) is 5.93. The quantitative estimate of drug-likeness (QED) is 0.736. The van der Waals surface area contributed by atoms with Gasteiger partial charge in [-0.15, -0.1) is 22.7 Å². The van der Waals surface area contributed by atoms with Gasteiger partial charge in [-0.05, 0) is 29.6 Å². The van der Waals surface area contributed by atoms with Gasteiger partial charge in [0.05, 0.1) is 16.1 Å². The number of carbonyl (C=O) groups excluding carboxylic acids is 1. The molecule has 7 heteroatoms. The minimum absolute atomic E-state index is 0.0627. The molecule has 0 saturated heterocycles. The van der Waals surface area contributed by atoms with Gasteiger partial charge in [0.15, 0.2) is 5.13 Å². The predicted molar refractivity (Wildman–Crippen MR) is 84.8 cm³/mol.